The molecule has 0 fully saturated rings. The normalized spacial score (nSPS) is 10.6. The number of alkyl carbamates (subject to hydrolysis) is 2. The van der Waals surface area contributed by atoms with Gasteiger partial charge in [0.1, 0.15) is 0 Å². The third kappa shape index (κ3) is 14.9. The quantitative estimate of drug-likeness (QED) is 0.573. The summed E-state index contributed by atoms with van der Waals surface area (Å²) >= 11 is 0. The summed E-state index contributed by atoms with van der Waals surface area (Å²) in [6, 6.07) is 0. The monoisotopic (exact) mass is 316 g/mol. The fourth-order valence-corrected chi connectivity index (χ4v) is 1.57. The molecule has 0 aliphatic rings. The van der Waals surface area contributed by atoms with E-state index in [9.17, 15) is 9.59 Å². The van der Waals surface area contributed by atoms with Crippen LogP contribution in [0.25, 0.3) is 0 Å². The van der Waals surface area contributed by atoms with Gasteiger partial charge in [-0.15, -0.1) is 0 Å². The first-order valence-electron chi connectivity index (χ1n) is 8.23. The van der Waals surface area contributed by atoms with E-state index in [4.69, 9.17) is 9.47 Å². The molecular formula is C16H32N2O4. The third-order valence-electron chi connectivity index (χ3n) is 2.74. The van der Waals surface area contributed by atoms with Crippen LogP contribution in [0.4, 0.5) is 9.59 Å². The number of hydrogen-bond acceptors (Lipinski definition) is 4. The first-order valence-corrected chi connectivity index (χ1v) is 8.23. The Hall–Kier alpha value is -1.46. The van der Waals surface area contributed by atoms with E-state index in [0.717, 1.165) is 25.7 Å². The minimum Gasteiger partial charge on any atom is -0.449 e. The van der Waals surface area contributed by atoms with Crippen molar-refractivity contribution in [3.05, 3.63) is 0 Å². The van der Waals surface area contributed by atoms with Crippen molar-refractivity contribution in [1.82, 2.24) is 10.6 Å². The number of hydrogen-bond donors (Lipinski definition) is 2. The van der Waals surface area contributed by atoms with Gasteiger partial charge in [-0.25, -0.2) is 9.59 Å². The van der Waals surface area contributed by atoms with Gasteiger partial charge in [-0.05, 0) is 24.7 Å². The minimum absolute atomic E-state index is 0.344. The molecule has 0 radical (unpaired) electrons. The number of ether oxygens (including phenoxy) is 2. The Morgan fingerprint density at radius 3 is 1.41 bits per heavy atom. The highest BCUT2D eigenvalue weighted by Gasteiger charge is 2.03. The molecule has 0 heterocycles. The topological polar surface area (TPSA) is 76.7 Å². The van der Waals surface area contributed by atoms with Crippen molar-refractivity contribution >= 4 is 12.2 Å². The van der Waals surface area contributed by atoms with E-state index in [1.54, 1.807) is 0 Å². The van der Waals surface area contributed by atoms with Crippen LogP contribution in [-0.4, -0.2) is 38.5 Å². The van der Waals surface area contributed by atoms with Crippen molar-refractivity contribution in [3.8, 4) is 0 Å². The Morgan fingerprint density at radius 2 is 1.09 bits per heavy atom. The average molecular weight is 316 g/mol. The van der Waals surface area contributed by atoms with Gasteiger partial charge in [0.2, 0.25) is 0 Å². The van der Waals surface area contributed by atoms with Crippen LogP contribution in [0.1, 0.15) is 53.4 Å². The van der Waals surface area contributed by atoms with Crippen LogP contribution in [0.2, 0.25) is 0 Å². The molecule has 2 amide bonds. The standard InChI is InChI=1S/C16H32N2O4/c1-13(2)11-21-15(19)17-9-7-5-6-8-10-18-16(20)22-12-14(3)4/h13-14H,5-12H2,1-4H3,(H,17,19)(H,18,20). The molecule has 0 rings (SSSR count). The SMILES string of the molecule is CC(C)COC(=O)NCCCCCCNC(=O)OCC(C)C. The summed E-state index contributed by atoms with van der Waals surface area (Å²) in [6.07, 6.45) is 3.15. The molecule has 22 heavy (non-hydrogen) atoms. The second-order valence-electron chi connectivity index (χ2n) is 6.25. The fraction of sp³-hybridized carbons (Fsp3) is 0.875. The van der Waals surface area contributed by atoms with Crippen LogP contribution in [-0.2, 0) is 9.47 Å². The number of amides is 2. The summed E-state index contributed by atoms with van der Waals surface area (Å²) in [5.74, 6) is 0.705. The van der Waals surface area contributed by atoms with Gasteiger partial charge >= 0.3 is 12.2 Å². The molecule has 0 saturated heterocycles. The molecule has 6 heteroatoms. The van der Waals surface area contributed by atoms with Crippen molar-refractivity contribution in [2.45, 2.75) is 53.4 Å². The first-order chi connectivity index (χ1) is 10.4. The summed E-state index contributed by atoms with van der Waals surface area (Å²) in [7, 11) is 0. The van der Waals surface area contributed by atoms with Crippen LogP contribution >= 0.6 is 0 Å². The molecule has 6 nitrogen and oxygen atoms in total. The Kier molecular flexibility index (Phi) is 12.3. The van der Waals surface area contributed by atoms with Crippen molar-refractivity contribution < 1.29 is 19.1 Å². The zero-order valence-corrected chi connectivity index (χ0v) is 14.4. The minimum atomic E-state index is -0.344. The fourth-order valence-electron chi connectivity index (χ4n) is 1.57. The first kappa shape index (κ1) is 20.5. The Bertz CT molecular complexity index is 277. The Balaban J connectivity index is 3.30. The summed E-state index contributed by atoms with van der Waals surface area (Å²) in [5.41, 5.74) is 0. The van der Waals surface area contributed by atoms with Crippen molar-refractivity contribution in [2.24, 2.45) is 11.8 Å². The van der Waals surface area contributed by atoms with E-state index >= 15 is 0 Å². The van der Waals surface area contributed by atoms with E-state index in [1.807, 2.05) is 27.7 Å². The molecule has 0 bridgehead atoms. The predicted molar refractivity (Wildman–Crippen MR) is 86.8 cm³/mol. The zero-order valence-electron chi connectivity index (χ0n) is 14.4. The smallest absolute Gasteiger partial charge is 0.407 e. The van der Waals surface area contributed by atoms with Gasteiger partial charge in [-0.1, -0.05) is 40.5 Å². The second kappa shape index (κ2) is 13.2. The van der Waals surface area contributed by atoms with Crippen molar-refractivity contribution in [1.29, 1.82) is 0 Å². The molecule has 130 valence electrons. The molecule has 2 N–H and O–H groups in total. The maximum atomic E-state index is 11.3. The highest BCUT2D eigenvalue weighted by atomic mass is 16.6. The van der Waals surface area contributed by atoms with Gasteiger partial charge in [0.15, 0.2) is 0 Å². The summed E-state index contributed by atoms with van der Waals surface area (Å²) < 4.78 is 10.0. The number of unbranched alkanes of at least 4 members (excludes halogenated alkanes) is 3. The molecule has 0 atom stereocenters. The maximum Gasteiger partial charge on any atom is 0.407 e. The molecule has 0 aromatic heterocycles. The van der Waals surface area contributed by atoms with Crippen LogP contribution < -0.4 is 10.6 Å². The molecule has 0 aliphatic carbocycles. The van der Waals surface area contributed by atoms with Crippen LogP contribution in [0.5, 0.6) is 0 Å². The summed E-state index contributed by atoms with van der Waals surface area (Å²) in [5, 5.41) is 5.45. The van der Waals surface area contributed by atoms with Gasteiger partial charge in [0.05, 0.1) is 13.2 Å². The van der Waals surface area contributed by atoms with E-state index < -0.39 is 0 Å². The zero-order chi connectivity index (χ0) is 16.8. The largest absolute Gasteiger partial charge is 0.449 e. The lowest BCUT2D eigenvalue weighted by Gasteiger charge is -2.09. The third-order valence-corrected chi connectivity index (χ3v) is 2.74. The lowest BCUT2D eigenvalue weighted by molar-refractivity contribution is 0.132. The van der Waals surface area contributed by atoms with Gasteiger partial charge in [0, 0.05) is 13.1 Å². The molecule has 0 saturated carbocycles. The van der Waals surface area contributed by atoms with Crippen molar-refractivity contribution in [2.75, 3.05) is 26.3 Å². The van der Waals surface area contributed by atoms with Gasteiger partial charge in [0.25, 0.3) is 0 Å². The van der Waals surface area contributed by atoms with E-state index in [2.05, 4.69) is 10.6 Å². The molecular weight excluding hydrogens is 284 g/mol. The Labute approximate surface area is 134 Å². The molecule has 0 aromatic carbocycles. The molecule has 0 aromatic rings. The maximum absolute atomic E-state index is 11.3. The summed E-state index contributed by atoms with van der Waals surface area (Å²) in [4.78, 5) is 22.5. The Morgan fingerprint density at radius 1 is 0.727 bits per heavy atom. The van der Waals surface area contributed by atoms with Crippen LogP contribution in [0.3, 0.4) is 0 Å². The predicted octanol–water partition coefficient (Wildman–Crippen LogP) is 3.31. The number of nitrogens with one attached hydrogen (secondary N) is 2. The lowest BCUT2D eigenvalue weighted by atomic mass is 10.2. The number of carbonyl (C=O) groups excluding carboxylic acids is 2. The van der Waals surface area contributed by atoms with Crippen molar-refractivity contribution in [3.63, 3.8) is 0 Å². The van der Waals surface area contributed by atoms with E-state index in [1.165, 1.54) is 0 Å². The second-order valence-corrected chi connectivity index (χ2v) is 6.25. The number of rotatable bonds is 11. The highest BCUT2D eigenvalue weighted by molar-refractivity contribution is 5.67. The van der Waals surface area contributed by atoms with Crippen LogP contribution in [0, 0.1) is 11.8 Å². The lowest BCUT2D eigenvalue weighted by Crippen LogP contribution is -2.27. The average Bonchev–Trinajstić information content (AvgIpc) is 2.45. The van der Waals surface area contributed by atoms with E-state index in [0.29, 0.717) is 38.1 Å². The highest BCUT2D eigenvalue weighted by Crippen LogP contribution is 1.99. The number of carbonyl (C=O) groups is 2. The summed E-state index contributed by atoms with van der Waals surface area (Å²) in [6.45, 7) is 10.1. The molecule has 0 unspecified atom stereocenters. The van der Waals surface area contributed by atoms with Crippen LogP contribution in [0.15, 0.2) is 0 Å². The van der Waals surface area contributed by atoms with Gasteiger partial charge in [-0.3, -0.25) is 0 Å². The van der Waals surface area contributed by atoms with E-state index in [-0.39, 0.29) is 12.2 Å². The van der Waals surface area contributed by atoms with Gasteiger partial charge < -0.3 is 20.1 Å². The molecule has 0 spiro atoms. The molecule has 0 aliphatic heterocycles. The van der Waals surface area contributed by atoms with Gasteiger partial charge in [-0.2, -0.15) is 0 Å².